The van der Waals surface area contributed by atoms with Gasteiger partial charge in [0.15, 0.2) is 0 Å². The Labute approximate surface area is 146 Å². The van der Waals surface area contributed by atoms with E-state index < -0.39 is 15.9 Å². The summed E-state index contributed by atoms with van der Waals surface area (Å²) in [6.07, 6.45) is 3.44. The molecule has 1 amide bonds. The standard InChI is InChI=1S/C18H18N2O4S/c21-18(19-22)9-7-14-6-8-16-13-20(11-10-15(16)12-14)25(23,24)17-4-2-1-3-5-17/h1-9,12,22H,10-11,13H2,(H,19,21). The Morgan fingerprint density at radius 1 is 1.12 bits per heavy atom. The second-order valence-electron chi connectivity index (χ2n) is 5.74. The smallest absolute Gasteiger partial charge is 0.267 e. The molecular formula is C18H18N2O4S. The van der Waals surface area contributed by atoms with Gasteiger partial charge in [-0.25, -0.2) is 13.9 Å². The summed E-state index contributed by atoms with van der Waals surface area (Å²) in [5.74, 6) is -0.599. The lowest BCUT2D eigenvalue weighted by atomic mass is 9.98. The Morgan fingerprint density at radius 3 is 2.60 bits per heavy atom. The van der Waals surface area contributed by atoms with Crippen molar-refractivity contribution >= 4 is 22.0 Å². The fraction of sp³-hybridized carbons (Fsp3) is 0.167. The quantitative estimate of drug-likeness (QED) is 0.497. The topological polar surface area (TPSA) is 86.7 Å². The van der Waals surface area contributed by atoms with Crippen molar-refractivity contribution < 1.29 is 18.4 Å². The summed E-state index contributed by atoms with van der Waals surface area (Å²) in [6.45, 7) is 0.738. The number of carbonyl (C=O) groups excluding carboxylic acids is 1. The lowest BCUT2D eigenvalue weighted by Crippen LogP contribution is -2.35. The minimum absolute atomic E-state index is 0.299. The minimum Gasteiger partial charge on any atom is -0.288 e. The number of sulfonamides is 1. The van der Waals surface area contributed by atoms with Crippen LogP contribution in [0.2, 0.25) is 0 Å². The highest BCUT2D eigenvalue weighted by atomic mass is 32.2. The van der Waals surface area contributed by atoms with E-state index in [9.17, 15) is 13.2 Å². The van der Waals surface area contributed by atoms with Crippen molar-refractivity contribution in [2.24, 2.45) is 0 Å². The summed E-state index contributed by atoms with van der Waals surface area (Å²) in [5.41, 5.74) is 4.37. The summed E-state index contributed by atoms with van der Waals surface area (Å²) in [6, 6.07) is 14.0. The van der Waals surface area contributed by atoms with Gasteiger partial charge in [0.25, 0.3) is 5.91 Å². The van der Waals surface area contributed by atoms with Crippen LogP contribution in [-0.2, 0) is 27.8 Å². The monoisotopic (exact) mass is 358 g/mol. The molecule has 3 rings (SSSR count). The average molecular weight is 358 g/mol. The van der Waals surface area contributed by atoms with Crippen LogP contribution in [0.15, 0.2) is 59.5 Å². The molecule has 0 bridgehead atoms. The van der Waals surface area contributed by atoms with E-state index in [1.54, 1.807) is 36.4 Å². The van der Waals surface area contributed by atoms with Crippen LogP contribution in [-0.4, -0.2) is 30.4 Å². The Bertz CT molecular complexity index is 908. The van der Waals surface area contributed by atoms with Gasteiger partial charge in [-0.2, -0.15) is 4.31 Å². The Hall–Kier alpha value is -2.48. The first kappa shape index (κ1) is 17.3. The number of nitrogens with one attached hydrogen (secondary N) is 1. The van der Waals surface area contributed by atoms with Crippen molar-refractivity contribution in [1.82, 2.24) is 9.79 Å². The van der Waals surface area contributed by atoms with Crippen molar-refractivity contribution in [3.63, 3.8) is 0 Å². The zero-order valence-electron chi connectivity index (χ0n) is 13.4. The van der Waals surface area contributed by atoms with E-state index in [0.29, 0.717) is 24.4 Å². The van der Waals surface area contributed by atoms with Gasteiger partial charge in [-0.15, -0.1) is 0 Å². The maximum atomic E-state index is 12.7. The highest BCUT2D eigenvalue weighted by Crippen LogP contribution is 2.26. The number of hydroxylamine groups is 1. The number of amides is 1. The van der Waals surface area contributed by atoms with Crippen LogP contribution in [0.5, 0.6) is 0 Å². The molecule has 0 aromatic heterocycles. The summed E-state index contributed by atoms with van der Waals surface area (Å²) >= 11 is 0. The number of rotatable bonds is 4. The molecule has 0 radical (unpaired) electrons. The van der Waals surface area contributed by atoms with Gasteiger partial charge in [-0.05, 0) is 41.3 Å². The molecule has 6 nitrogen and oxygen atoms in total. The molecule has 1 aliphatic heterocycles. The van der Waals surface area contributed by atoms with E-state index in [4.69, 9.17) is 5.21 Å². The SMILES string of the molecule is O=C(C=Cc1ccc2c(c1)CCN(S(=O)(=O)c1ccccc1)C2)NO. The number of nitrogens with zero attached hydrogens (tertiary/aromatic N) is 1. The third-order valence-electron chi connectivity index (χ3n) is 4.13. The van der Waals surface area contributed by atoms with Crippen molar-refractivity contribution in [2.45, 2.75) is 17.9 Å². The molecule has 0 saturated carbocycles. The van der Waals surface area contributed by atoms with Crippen LogP contribution in [0.25, 0.3) is 6.08 Å². The van der Waals surface area contributed by atoms with Gasteiger partial charge in [0.1, 0.15) is 0 Å². The summed E-state index contributed by atoms with van der Waals surface area (Å²) in [4.78, 5) is 11.3. The molecule has 0 unspecified atom stereocenters. The number of hydrogen-bond acceptors (Lipinski definition) is 4. The summed E-state index contributed by atoms with van der Waals surface area (Å²) in [7, 11) is -3.50. The van der Waals surface area contributed by atoms with E-state index >= 15 is 0 Å². The van der Waals surface area contributed by atoms with Crippen LogP contribution in [0.4, 0.5) is 0 Å². The first-order valence-corrected chi connectivity index (χ1v) is 9.24. The normalized spacial score (nSPS) is 15.1. The van der Waals surface area contributed by atoms with Crippen molar-refractivity contribution in [3.8, 4) is 0 Å². The average Bonchev–Trinajstić information content (AvgIpc) is 2.66. The molecule has 2 aromatic carbocycles. The van der Waals surface area contributed by atoms with Crippen LogP contribution < -0.4 is 5.48 Å². The molecule has 2 aromatic rings. The van der Waals surface area contributed by atoms with Gasteiger partial charge in [0, 0.05) is 19.2 Å². The van der Waals surface area contributed by atoms with Crippen molar-refractivity contribution in [2.75, 3.05) is 6.54 Å². The number of benzene rings is 2. The maximum absolute atomic E-state index is 12.7. The molecule has 2 N–H and O–H groups in total. The van der Waals surface area contributed by atoms with Gasteiger partial charge in [0.05, 0.1) is 4.90 Å². The first-order valence-electron chi connectivity index (χ1n) is 7.80. The second kappa shape index (κ2) is 7.18. The number of hydrogen-bond donors (Lipinski definition) is 2. The van der Waals surface area contributed by atoms with Crippen molar-refractivity contribution in [3.05, 3.63) is 71.3 Å². The summed E-state index contributed by atoms with van der Waals surface area (Å²) in [5, 5.41) is 8.49. The summed E-state index contributed by atoms with van der Waals surface area (Å²) < 4.78 is 26.9. The Morgan fingerprint density at radius 2 is 1.88 bits per heavy atom. The second-order valence-corrected chi connectivity index (χ2v) is 7.68. The third-order valence-corrected chi connectivity index (χ3v) is 5.99. The predicted octanol–water partition coefficient (Wildman–Crippen LogP) is 1.95. The molecule has 1 heterocycles. The van der Waals surface area contributed by atoms with Crippen molar-refractivity contribution in [1.29, 1.82) is 0 Å². The van der Waals surface area contributed by atoms with Gasteiger partial charge < -0.3 is 0 Å². The van der Waals surface area contributed by atoms with E-state index in [-0.39, 0.29) is 0 Å². The van der Waals surface area contributed by atoms with E-state index in [1.165, 1.54) is 15.9 Å². The molecule has 130 valence electrons. The zero-order valence-corrected chi connectivity index (χ0v) is 14.2. The van der Waals surface area contributed by atoms with E-state index in [2.05, 4.69) is 0 Å². The molecule has 7 heteroatoms. The highest BCUT2D eigenvalue weighted by Gasteiger charge is 2.28. The lowest BCUT2D eigenvalue weighted by Gasteiger charge is -2.28. The molecule has 0 saturated heterocycles. The third kappa shape index (κ3) is 3.79. The lowest BCUT2D eigenvalue weighted by molar-refractivity contribution is -0.124. The number of fused-ring (bicyclic) bond motifs is 1. The van der Waals surface area contributed by atoms with Crippen LogP contribution in [0, 0.1) is 0 Å². The zero-order chi connectivity index (χ0) is 17.9. The predicted molar refractivity (Wildman–Crippen MR) is 93.1 cm³/mol. The molecule has 0 fully saturated rings. The largest absolute Gasteiger partial charge is 0.288 e. The first-order chi connectivity index (χ1) is 12.0. The molecule has 0 atom stereocenters. The fourth-order valence-corrected chi connectivity index (χ4v) is 4.25. The molecular weight excluding hydrogens is 340 g/mol. The van der Waals surface area contributed by atoms with Crippen LogP contribution >= 0.6 is 0 Å². The van der Waals surface area contributed by atoms with Crippen LogP contribution in [0.1, 0.15) is 16.7 Å². The molecule has 1 aliphatic rings. The van der Waals surface area contributed by atoms with Gasteiger partial charge in [-0.1, -0.05) is 36.4 Å². The van der Waals surface area contributed by atoms with Gasteiger partial charge in [0.2, 0.25) is 10.0 Å². The molecule has 25 heavy (non-hydrogen) atoms. The van der Waals surface area contributed by atoms with E-state index in [0.717, 1.165) is 16.7 Å². The molecule has 0 aliphatic carbocycles. The van der Waals surface area contributed by atoms with Gasteiger partial charge in [-0.3, -0.25) is 10.0 Å². The Balaban J connectivity index is 1.81. The maximum Gasteiger partial charge on any atom is 0.267 e. The van der Waals surface area contributed by atoms with Crippen LogP contribution in [0.3, 0.4) is 0 Å². The Kier molecular flexibility index (Phi) is 4.98. The van der Waals surface area contributed by atoms with E-state index in [1.807, 2.05) is 18.2 Å². The number of carbonyl (C=O) groups is 1. The minimum atomic E-state index is -3.50. The fourth-order valence-electron chi connectivity index (χ4n) is 2.81. The molecule has 0 spiro atoms. The van der Waals surface area contributed by atoms with Gasteiger partial charge >= 0.3 is 0 Å². The highest BCUT2D eigenvalue weighted by molar-refractivity contribution is 7.89.